The van der Waals surface area contributed by atoms with Gasteiger partial charge in [-0.15, -0.1) is 0 Å². The molecule has 0 fully saturated rings. The number of carbonyl (C=O) groups is 2. The quantitative estimate of drug-likeness (QED) is 0.609. The number of anilines is 1. The SMILES string of the molecule is COc1ccc2c(c1)CCCN2C(=O)COC(=O)C=Cc1ccc(C)o1. The Morgan fingerprint density at radius 3 is 2.85 bits per heavy atom. The number of benzene rings is 1. The largest absolute Gasteiger partial charge is 0.497 e. The van der Waals surface area contributed by atoms with Crippen LogP contribution in [0, 0.1) is 6.92 Å². The van der Waals surface area contributed by atoms with E-state index in [4.69, 9.17) is 13.9 Å². The van der Waals surface area contributed by atoms with Crippen LogP contribution >= 0.6 is 0 Å². The first-order chi connectivity index (χ1) is 12.6. The van der Waals surface area contributed by atoms with E-state index in [0.29, 0.717) is 12.3 Å². The van der Waals surface area contributed by atoms with Crippen molar-refractivity contribution in [1.82, 2.24) is 0 Å². The van der Waals surface area contributed by atoms with Gasteiger partial charge in [0.1, 0.15) is 17.3 Å². The van der Waals surface area contributed by atoms with Crippen molar-refractivity contribution in [3.8, 4) is 5.75 Å². The van der Waals surface area contributed by atoms with Crippen molar-refractivity contribution in [1.29, 1.82) is 0 Å². The Bertz CT molecular complexity index is 836. The fourth-order valence-corrected chi connectivity index (χ4v) is 2.91. The van der Waals surface area contributed by atoms with Crippen LogP contribution in [-0.4, -0.2) is 32.1 Å². The normalized spacial score (nSPS) is 13.5. The zero-order valence-electron chi connectivity index (χ0n) is 14.9. The Morgan fingerprint density at radius 2 is 2.12 bits per heavy atom. The number of esters is 1. The number of hydrogen-bond acceptors (Lipinski definition) is 5. The van der Waals surface area contributed by atoms with Crippen molar-refractivity contribution in [3.05, 3.63) is 53.5 Å². The van der Waals surface area contributed by atoms with Gasteiger partial charge in [-0.3, -0.25) is 4.79 Å². The van der Waals surface area contributed by atoms with E-state index in [1.807, 2.05) is 25.1 Å². The molecule has 1 aromatic carbocycles. The summed E-state index contributed by atoms with van der Waals surface area (Å²) in [6, 6.07) is 9.19. The molecule has 26 heavy (non-hydrogen) atoms. The first-order valence-electron chi connectivity index (χ1n) is 8.45. The molecular formula is C20H21NO5. The van der Waals surface area contributed by atoms with Gasteiger partial charge in [-0.25, -0.2) is 4.79 Å². The Kier molecular flexibility index (Phi) is 5.41. The van der Waals surface area contributed by atoms with Gasteiger partial charge in [-0.1, -0.05) is 0 Å². The molecule has 136 valence electrons. The van der Waals surface area contributed by atoms with Crippen molar-refractivity contribution < 1.29 is 23.5 Å². The van der Waals surface area contributed by atoms with Crippen LogP contribution < -0.4 is 9.64 Å². The van der Waals surface area contributed by atoms with E-state index < -0.39 is 5.97 Å². The number of methoxy groups -OCH3 is 1. The Balaban J connectivity index is 1.59. The highest BCUT2D eigenvalue weighted by atomic mass is 16.5. The van der Waals surface area contributed by atoms with Gasteiger partial charge in [0.15, 0.2) is 6.61 Å². The summed E-state index contributed by atoms with van der Waals surface area (Å²) < 4.78 is 15.6. The lowest BCUT2D eigenvalue weighted by atomic mass is 10.0. The van der Waals surface area contributed by atoms with Crippen molar-refractivity contribution in [2.24, 2.45) is 0 Å². The van der Waals surface area contributed by atoms with Crippen molar-refractivity contribution in [3.63, 3.8) is 0 Å². The molecule has 6 heteroatoms. The summed E-state index contributed by atoms with van der Waals surface area (Å²) in [7, 11) is 1.62. The molecule has 2 heterocycles. The molecule has 0 bridgehead atoms. The van der Waals surface area contributed by atoms with Crippen molar-refractivity contribution in [2.75, 3.05) is 25.2 Å². The van der Waals surface area contributed by atoms with Gasteiger partial charge in [0.05, 0.1) is 7.11 Å². The van der Waals surface area contributed by atoms with Crippen LogP contribution in [0.15, 0.2) is 40.8 Å². The Hall–Kier alpha value is -3.02. The smallest absolute Gasteiger partial charge is 0.331 e. The summed E-state index contributed by atoms with van der Waals surface area (Å²) >= 11 is 0. The number of hydrogen-bond donors (Lipinski definition) is 0. The molecule has 0 N–H and O–H groups in total. The van der Waals surface area contributed by atoms with Gasteiger partial charge < -0.3 is 18.8 Å². The summed E-state index contributed by atoms with van der Waals surface area (Å²) in [5.74, 6) is 1.26. The average Bonchev–Trinajstić information content (AvgIpc) is 3.08. The zero-order valence-corrected chi connectivity index (χ0v) is 14.9. The molecular weight excluding hydrogens is 334 g/mol. The molecule has 0 aliphatic carbocycles. The van der Waals surface area contributed by atoms with Crippen LogP contribution in [0.4, 0.5) is 5.69 Å². The summed E-state index contributed by atoms with van der Waals surface area (Å²) in [5, 5.41) is 0. The molecule has 0 radical (unpaired) electrons. The maximum Gasteiger partial charge on any atom is 0.331 e. The number of nitrogens with zero attached hydrogens (tertiary/aromatic N) is 1. The van der Waals surface area contributed by atoms with Gasteiger partial charge in [-0.2, -0.15) is 0 Å². The number of fused-ring (bicyclic) bond motifs is 1. The molecule has 0 saturated heterocycles. The lowest BCUT2D eigenvalue weighted by Crippen LogP contribution is -2.38. The first-order valence-corrected chi connectivity index (χ1v) is 8.45. The van der Waals surface area contributed by atoms with Crippen LogP contribution in [0.25, 0.3) is 6.08 Å². The van der Waals surface area contributed by atoms with Crippen LogP contribution in [-0.2, 0) is 20.7 Å². The Morgan fingerprint density at radius 1 is 1.27 bits per heavy atom. The first kappa shape index (κ1) is 17.8. The molecule has 0 atom stereocenters. The third kappa shape index (κ3) is 4.14. The van der Waals surface area contributed by atoms with E-state index in [-0.39, 0.29) is 12.5 Å². The van der Waals surface area contributed by atoms with E-state index >= 15 is 0 Å². The minimum absolute atomic E-state index is 0.244. The average molecular weight is 355 g/mol. The summed E-state index contributed by atoms with van der Waals surface area (Å²) in [4.78, 5) is 25.9. The van der Waals surface area contributed by atoms with Gasteiger partial charge in [-0.05, 0) is 61.7 Å². The number of furan rings is 1. The lowest BCUT2D eigenvalue weighted by Gasteiger charge is -2.29. The minimum atomic E-state index is -0.584. The van der Waals surface area contributed by atoms with E-state index in [2.05, 4.69) is 0 Å². The molecule has 0 unspecified atom stereocenters. The molecule has 1 amide bonds. The van der Waals surface area contributed by atoms with Crippen LogP contribution in [0.1, 0.15) is 23.5 Å². The number of amides is 1. The number of aryl methyl sites for hydroxylation is 2. The second kappa shape index (κ2) is 7.91. The zero-order chi connectivity index (χ0) is 18.5. The van der Waals surface area contributed by atoms with E-state index in [1.54, 1.807) is 24.1 Å². The van der Waals surface area contributed by atoms with Crippen LogP contribution in [0.3, 0.4) is 0 Å². The topological polar surface area (TPSA) is 69.0 Å². The number of rotatable bonds is 5. The van der Waals surface area contributed by atoms with Gasteiger partial charge >= 0.3 is 5.97 Å². The maximum atomic E-state index is 12.5. The fraction of sp³-hybridized carbons (Fsp3) is 0.300. The predicted molar refractivity (Wildman–Crippen MR) is 97.1 cm³/mol. The second-order valence-electron chi connectivity index (χ2n) is 6.03. The lowest BCUT2D eigenvalue weighted by molar-refractivity contribution is -0.142. The fourth-order valence-electron chi connectivity index (χ4n) is 2.91. The predicted octanol–water partition coefficient (Wildman–Crippen LogP) is 3.13. The third-order valence-electron chi connectivity index (χ3n) is 4.19. The number of carbonyl (C=O) groups excluding carboxylic acids is 2. The van der Waals surface area contributed by atoms with Crippen LogP contribution in [0.2, 0.25) is 0 Å². The maximum absolute atomic E-state index is 12.5. The molecule has 0 saturated carbocycles. The molecule has 1 aromatic heterocycles. The highest BCUT2D eigenvalue weighted by molar-refractivity contribution is 5.97. The summed E-state index contributed by atoms with van der Waals surface area (Å²) in [6.07, 6.45) is 4.52. The molecule has 3 rings (SSSR count). The van der Waals surface area contributed by atoms with Gasteiger partial charge in [0.2, 0.25) is 0 Å². The van der Waals surface area contributed by atoms with Crippen molar-refractivity contribution in [2.45, 2.75) is 19.8 Å². The number of ether oxygens (including phenoxy) is 2. The van der Waals surface area contributed by atoms with E-state index in [1.165, 1.54) is 12.2 Å². The van der Waals surface area contributed by atoms with Crippen molar-refractivity contribution >= 4 is 23.6 Å². The molecule has 6 nitrogen and oxygen atoms in total. The van der Waals surface area contributed by atoms with E-state index in [0.717, 1.165) is 35.6 Å². The van der Waals surface area contributed by atoms with Gasteiger partial charge in [0.25, 0.3) is 5.91 Å². The Labute approximate surface area is 152 Å². The standard InChI is InChI=1S/C20H21NO5/c1-14-5-6-16(26-14)8-10-20(23)25-13-19(22)21-11-3-4-15-12-17(24-2)7-9-18(15)21/h5-10,12H,3-4,11,13H2,1-2H3. The van der Waals surface area contributed by atoms with E-state index in [9.17, 15) is 9.59 Å². The molecule has 0 spiro atoms. The second-order valence-corrected chi connectivity index (χ2v) is 6.03. The minimum Gasteiger partial charge on any atom is -0.497 e. The highest BCUT2D eigenvalue weighted by Crippen LogP contribution is 2.30. The third-order valence-corrected chi connectivity index (χ3v) is 4.19. The summed E-state index contributed by atoms with van der Waals surface area (Å²) in [5.41, 5.74) is 1.91. The monoisotopic (exact) mass is 355 g/mol. The highest BCUT2D eigenvalue weighted by Gasteiger charge is 2.23. The molecule has 1 aliphatic rings. The molecule has 2 aromatic rings. The van der Waals surface area contributed by atoms with Crippen LogP contribution in [0.5, 0.6) is 5.75 Å². The summed E-state index contributed by atoms with van der Waals surface area (Å²) in [6.45, 7) is 2.13. The molecule has 1 aliphatic heterocycles. The van der Waals surface area contributed by atoms with Gasteiger partial charge in [0, 0.05) is 18.3 Å².